The molecule has 184 valence electrons. The Labute approximate surface area is 209 Å². The Kier molecular flexibility index (Phi) is 6.08. The number of carbonyl (C=O) groups is 2. The van der Waals surface area contributed by atoms with Crippen molar-refractivity contribution in [1.82, 2.24) is 0 Å². The molecule has 3 aromatic rings. The van der Waals surface area contributed by atoms with Crippen LogP contribution in [0.15, 0.2) is 84.1 Å². The number of ketones is 1. The highest BCUT2D eigenvalue weighted by atomic mass is 35.5. The molecule has 0 radical (unpaired) electrons. The standard InChI is InChI=1S/C27H19ClF4N2O2/c28-19-6-2-1-5-18(19)25-24-21(13-16(14-23(24)35)15-9-11-17(29)12-10-15)33-20-7-3-4-8-22(20)34(25)26(36)27(30,31)32/h1-12,16,25,33H,13-14H2/t16-,25+/m1/s1. The summed E-state index contributed by atoms with van der Waals surface area (Å²) in [4.78, 5) is 27.2. The van der Waals surface area contributed by atoms with Gasteiger partial charge in [-0.15, -0.1) is 0 Å². The van der Waals surface area contributed by atoms with Gasteiger partial charge in [0.2, 0.25) is 0 Å². The summed E-state index contributed by atoms with van der Waals surface area (Å²) in [5.41, 5.74) is 1.62. The molecule has 0 unspecified atom stereocenters. The second kappa shape index (κ2) is 9.09. The third-order valence-electron chi connectivity index (χ3n) is 6.49. The van der Waals surface area contributed by atoms with Gasteiger partial charge in [0, 0.05) is 22.7 Å². The number of benzene rings is 3. The fraction of sp³-hybridized carbons (Fsp3) is 0.185. The molecule has 0 saturated carbocycles. The molecule has 4 nitrogen and oxygen atoms in total. The summed E-state index contributed by atoms with van der Waals surface area (Å²) in [5, 5.41) is 3.27. The highest BCUT2D eigenvalue weighted by Crippen LogP contribution is 2.49. The van der Waals surface area contributed by atoms with Crippen LogP contribution in [0.25, 0.3) is 0 Å². The van der Waals surface area contributed by atoms with E-state index in [9.17, 15) is 27.2 Å². The van der Waals surface area contributed by atoms with Gasteiger partial charge in [0.25, 0.3) is 0 Å². The molecule has 1 N–H and O–H groups in total. The minimum atomic E-state index is -5.20. The Morgan fingerprint density at radius 3 is 2.31 bits per heavy atom. The third kappa shape index (κ3) is 4.26. The fourth-order valence-electron chi connectivity index (χ4n) is 4.91. The molecule has 36 heavy (non-hydrogen) atoms. The molecule has 1 amide bonds. The number of fused-ring (bicyclic) bond motifs is 1. The number of carbonyl (C=O) groups excluding carboxylic acids is 2. The molecular formula is C27H19ClF4N2O2. The van der Waals surface area contributed by atoms with Crippen LogP contribution in [0.5, 0.6) is 0 Å². The number of amides is 1. The molecule has 2 aliphatic rings. The van der Waals surface area contributed by atoms with E-state index in [-0.39, 0.29) is 46.3 Å². The van der Waals surface area contributed by atoms with Crippen LogP contribution in [-0.2, 0) is 9.59 Å². The number of halogens is 5. The van der Waals surface area contributed by atoms with Gasteiger partial charge >= 0.3 is 12.1 Å². The third-order valence-corrected chi connectivity index (χ3v) is 6.84. The Balaban J connectivity index is 1.74. The number of allylic oxidation sites excluding steroid dienone is 1. The molecule has 3 aromatic carbocycles. The topological polar surface area (TPSA) is 49.4 Å². The second-order valence-electron chi connectivity index (χ2n) is 8.71. The summed E-state index contributed by atoms with van der Waals surface area (Å²) in [7, 11) is 0. The first-order chi connectivity index (χ1) is 17.1. The number of nitrogens with zero attached hydrogens (tertiary/aromatic N) is 1. The van der Waals surface area contributed by atoms with Crippen molar-refractivity contribution in [3.05, 3.63) is 106 Å². The second-order valence-corrected chi connectivity index (χ2v) is 9.12. The van der Waals surface area contributed by atoms with Crippen LogP contribution in [0.2, 0.25) is 5.02 Å². The maximum Gasteiger partial charge on any atom is 0.471 e. The lowest BCUT2D eigenvalue weighted by Crippen LogP contribution is -2.45. The minimum Gasteiger partial charge on any atom is -0.357 e. The molecule has 9 heteroatoms. The fourth-order valence-corrected chi connectivity index (χ4v) is 5.15. The molecule has 0 saturated heterocycles. The summed E-state index contributed by atoms with van der Waals surface area (Å²) in [6.07, 6.45) is -4.94. The number of rotatable bonds is 2. The van der Waals surface area contributed by atoms with Crippen molar-refractivity contribution in [1.29, 1.82) is 0 Å². The van der Waals surface area contributed by atoms with E-state index in [0.717, 1.165) is 5.56 Å². The molecule has 1 aliphatic carbocycles. The van der Waals surface area contributed by atoms with Gasteiger partial charge in [-0.3, -0.25) is 14.5 Å². The quantitative estimate of drug-likeness (QED) is 0.377. The molecule has 0 fully saturated rings. The van der Waals surface area contributed by atoms with Crippen LogP contribution in [0.3, 0.4) is 0 Å². The molecule has 1 aliphatic heterocycles. The summed E-state index contributed by atoms with van der Waals surface area (Å²) in [6.45, 7) is 0. The van der Waals surface area contributed by atoms with Crippen LogP contribution in [0, 0.1) is 5.82 Å². The smallest absolute Gasteiger partial charge is 0.357 e. The highest BCUT2D eigenvalue weighted by molar-refractivity contribution is 6.31. The van der Waals surface area contributed by atoms with E-state index in [4.69, 9.17) is 11.6 Å². The SMILES string of the molecule is O=C1C[C@H](c2ccc(F)cc2)CC2=C1[C@H](c1ccccc1Cl)N(C(=O)C(F)(F)F)c1ccccc1N2. The first-order valence-electron chi connectivity index (χ1n) is 11.2. The van der Waals surface area contributed by atoms with Gasteiger partial charge in [0.15, 0.2) is 5.78 Å². The lowest BCUT2D eigenvalue weighted by molar-refractivity contribution is -0.170. The highest BCUT2D eigenvalue weighted by Gasteiger charge is 2.50. The first-order valence-corrected chi connectivity index (χ1v) is 11.6. The summed E-state index contributed by atoms with van der Waals surface area (Å²) < 4.78 is 55.2. The number of para-hydroxylation sites is 2. The lowest BCUT2D eigenvalue weighted by Gasteiger charge is -2.35. The van der Waals surface area contributed by atoms with Crippen molar-refractivity contribution in [3.63, 3.8) is 0 Å². The van der Waals surface area contributed by atoms with Crippen molar-refractivity contribution in [3.8, 4) is 0 Å². The van der Waals surface area contributed by atoms with Crippen molar-refractivity contribution < 1.29 is 27.2 Å². The average molecular weight is 515 g/mol. The van der Waals surface area contributed by atoms with Crippen molar-refractivity contribution in [2.24, 2.45) is 0 Å². The van der Waals surface area contributed by atoms with Gasteiger partial charge in [-0.1, -0.05) is 54.1 Å². The number of anilines is 2. The number of hydrogen-bond donors (Lipinski definition) is 1. The maximum absolute atomic E-state index is 13.9. The normalized spacial score (nSPS) is 19.8. The average Bonchev–Trinajstić information content (AvgIpc) is 2.98. The first kappa shape index (κ1) is 24.1. The van der Waals surface area contributed by atoms with Crippen LogP contribution in [-0.4, -0.2) is 17.9 Å². The number of Topliss-reactive ketones (excluding diaryl/α,β-unsaturated/α-hetero) is 1. The zero-order valence-electron chi connectivity index (χ0n) is 18.7. The lowest BCUT2D eigenvalue weighted by atomic mass is 9.78. The van der Waals surface area contributed by atoms with E-state index >= 15 is 0 Å². The van der Waals surface area contributed by atoms with Gasteiger partial charge in [0.1, 0.15) is 5.82 Å². The molecule has 0 spiro atoms. The Morgan fingerprint density at radius 1 is 0.944 bits per heavy atom. The predicted molar refractivity (Wildman–Crippen MR) is 128 cm³/mol. The van der Waals surface area contributed by atoms with E-state index in [0.29, 0.717) is 10.6 Å². The summed E-state index contributed by atoms with van der Waals surface area (Å²) >= 11 is 6.43. The Bertz CT molecular complexity index is 1390. The molecule has 0 bridgehead atoms. The van der Waals surface area contributed by atoms with E-state index in [1.807, 2.05) is 0 Å². The van der Waals surface area contributed by atoms with Crippen molar-refractivity contribution in [2.45, 2.75) is 31.0 Å². The predicted octanol–water partition coefficient (Wildman–Crippen LogP) is 6.94. The van der Waals surface area contributed by atoms with Gasteiger partial charge < -0.3 is 5.32 Å². The van der Waals surface area contributed by atoms with Gasteiger partial charge in [-0.2, -0.15) is 13.2 Å². The molecule has 5 rings (SSSR count). The molecular weight excluding hydrogens is 496 g/mol. The largest absolute Gasteiger partial charge is 0.471 e. The maximum atomic E-state index is 13.9. The van der Waals surface area contributed by atoms with E-state index in [1.54, 1.807) is 36.4 Å². The minimum absolute atomic E-state index is 0.0164. The zero-order valence-corrected chi connectivity index (χ0v) is 19.4. The summed E-state index contributed by atoms with van der Waals surface area (Å²) in [5.74, 6) is -3.27. The van der Waals surface area contributed by atoms with Crippen molar-refractivity contribution >= 4 is 34.7 Å². The zero-order chi connectivity index (χ0) is 25.6. The van der Waals surface area contributed by atoms with Crippen LogP contribution < -0.4 is 10.2 Å². The van der Waals surface area contributed by atoms with Crippen molar-refractivity contribution in [2.75, 3.05) is 10.2 Å². The van der Waals surface area contributed by atoms with Gasteiger partial charge in [-0.25, -0.2) is 4.39 Å². The van der Waals surface area contributed by atoms with Crippen LogP contribution in [0.4, 0.5) is 28.9 Å². The molecule has 2 atom stereocenters. The molecule has 0 aromatic heterocycles. The Hall–Kier alpha value is -3.65. The number of nitrogens with one attached hydrogen (secondary N) is 1. The van der Waals surface area contributed by atoms with E-state index < -0.39 is 29.7 Å². The van der Waals surface area contributed by atoms with Gasteiger partial charge in [-0.05, 0) is 53.8 Å². The van der Waals surface area contributed by atoms with E-state index in [1.165, 1.54) is 36.4 Å². The van der Waals surface area contributed by atoms with Crippen LogP contribution in [0.1, 0.15) is 35.9 Å². The molecule has 1 heterocycles. The number of hydrogen-bond acceptors (Lipinski definition) is 3. The van der Waals surface area contributed by atoms with E-state index in [2.05, 4.69) is 5.32 Å². The Morgan fingerprint density at radius 2 is 1.61 bits per heavy atom. The monoisotopic (exact) mass is 514 g/mol. The summed E-state index contributed by atoms with van der Waals surface area (Å²) in [6, 6.07) is 16.7. The van der Waals surface area contributed by atoms with Gasteiger partial charge in [0.05, 0.1) is 17.4 Å². The number of alkyl halides is 3. The van der Waals surface area contributed by atoms with Crippen LogP contribution >= 0.6 is 11.6 Å².